The molecule has 1 atom stereocenters. The summed E-state index contributed by atoms with van der Waals surface area (Å²) in [5, 5.41) is 2.78. The molecule has 5 heteroatoms. The molecule has 2 aromatic rings. The number of benzene rings is 2. The van der Waals surface area contributed by atoms with Gasteiger partial charge in [0, 0.05) is 12.2 Å². The molecule has 0 spiro atoms. The number of hydrogen-bond donors (Lipinski definition) is 1. The van der Waals surface area contributed by atoms with Crippen LogP contribution >= 0.6 is 0 Å². The normalized spacial score (nSPS) is 18.7. The molecule has 0 bridgehead atoms. The Balaban J connectivity index is 1.74. The number of carbonyl (C=O) groups is 2. The Hall–Kier alpha value is -2.82. The SMILES string of the molecule is CC1Oc2c(cccc2C(=O)N2CCc3ccccc32)NC1=O. The number of hydrogen-bond acceptors (Lipinski definition) is 3. The molecule has 0 aromatic heterocycles. The van der Waals surface area contributed by atoms with Crippen LogP contribution < -0.4 is 15.0 Å². The smallest absolute Gasteiger partial charge is 0.265 e. The van der Waals surface area contributed by atoms with E-state index in [0.717, 1.165) is 12.1 Å². The van der Waals surface area contributed by atoms with Gasteiger partial charge in [0.25, 0.3) is 11.8 Å². The lowest BCUT2D eigenvalue weighted by Crippen LogP contribution is -2.36. The summed E-state index contributed by atoms with van der Waals surface area (Å²) in [6, 6.07) is 13.2. The molecule has 2 amide bonds. The molecule has 0 saturated heterocycles. The lowest BCUT2D eigenvalue weighted by Gasteiger charge is -2.26. The maximum Gasteiger partial charge on any atom is 0.265 e. The third-order valence-corrected chi connectivity index (χ3v) is 4.30. The summed E-state index contributed by atoms with van der Waals surface area (Å²) in [6.45, 7) is 2.33. The fourth-order valence-electron chi connectivity index (χ4n) is 3.09. The van der Waals surface area contributed by atoms with Crippen LogP contribution in [0, 0.1) is 0 Å². The molecule has 5 nitrogen and oxygen atoms in total. The van der Waals surface area contributed by atoms with Crippen LogP contribution in [0.15, 0.2) is 42.5 Å². The van der Waals surface area contributed by atoms with Gasteiger partial charge in [-0.3, -0.25) is 9.59 Å². The quantitative estimate of drug-likeness (QED) is 0.881. The molecular formula is C18H16N2O3. The monoisotopic (exact) mass is 308 g/mol. The first-order valence-corrected chi connectivity index (χ1v) is 7.65. The Morgan fingerprint density at radius 3 is 2.91 bits per heavy atom. The molecule has 1 unspecified atom stereocenters. The maximum absolute atomic E-state index is 13.0. The van der Waals surface area contributed by atoms with Crippen LogP contribution in [0.1, 0.15) is 22.8 Å². The number of nitrogens with zero attached hydrogens (tertiary/aromatic N) is 1. The summed E-state index contributed by atoms with van der Waals surface area (Å²) >= 11 is 0. The molecular weight excluding hydrogens is 292 g/mol. The zero-order valence-corrected chi connectivity index (χ0v) is 12.7. The third-order valence-electron chi connectivity index (χ3n) is 4.30. The highest BCUT2D eigenvalue weighted by atomic mass is 16.5. The minimum atomic E-state index is -0.609. The molecule has 23 heavy (non-hydrogen) atoms. The fourth-order valence-corrected chi connectivity index (χ4v) is 3.09. The molecule has 0 fully saturated rings. The number of carbonyl (C=O) groups excluding carboxylic acids is 2. The van der Waals surface area contributed by atoms with E-state index in [1.165, 1.54) is 5.56 Å². The minimum absolute atomic E-state index is 0.102. The van der Waals surface area contributed by atoms with Gasteiger partial charge in [-0.1, -0.05) is 24.3 Å². The molecule has 0 saturated carbocycles. The van der Waals surface area contributed by atoms with Crippen LogP contribution in [0.4, 0.5) is 11.4 Å². The van der Waals surface area contributed by atoms with Gasteiger partial charge in [0.05, 0.1) is 11.3 Å². The largest absolute Gasteiger partial charge is 0.478 e. The fraction of sp³-hybridized carbons (Fsp3) is 0.222. The second kappa shape index (κ2) is 5.12. The van der Waals surface area contributed by atoms with Gasteiger partial charge < -0.3 is 15.0 Å². The average molecular weight is 308 g/mol. The van der Waals surface area contributed by atoms with Gasteiger partial charge in [-0.05, 0) is 37.1 Å². The highest BCUT2D eigenvalue weighted by molar-refractivity contribution is 6.11. The van der Waals surface area contributed by atoms with E-state index in [0.29, 0.717) is 23.5 Å². The number of amides is 2. The van der Waals surface area contributed by atoms with Crippen molar-refractivity contribution in [2.24, 2.45) is 0 Å². The van der Waals surface area contributed by atoms with Gasteiger partial charge in [0.15, 0.2) is 11.9 Å². The van der Waals surface area contributed by atoms with E-state index in [4.69, 9.17) is 4.74 Å². The van der Waals surface area contributed by atoms with Crippen LogP contribution in [0.2, 0.25) is 0 Å². The summed E-state index contributed by atoms with van der Waals surface area (Å²) in [7, 11) is 0. The standard InChI is InChI=1S/C18H16N2O3/c1-11-17(21)19-14-7-4-6-13(16(14)23-11)18(22)20-10-9-12-5-2-3-8-15(12)20/h2-8,11H,9-10H2,1H3,(H,19,21). The molecule has 2 aromatic carbocycles. The van der Waals surface area contributed by atoms with Crippen molar-refractivity contribution in [3.63, 3.8) is 0 Å². The Kier molecular flexibility index (Phi) is 3.08. The zero-order valence-electron chi connectivity index (χ0n) is 12.7. The third kappa shape index (κ3) is 2.16. The second-order valence-electron chi connectivity index (χ2n) is 5.77. The van der Waals surface area contributed by atoms with Crippen LogP contribution in [0.3, 0.4) is 0 Å². The Morgan fingerprint density at radius 1 is 1.22 bits per heavy atom. The Bertz CT molecular complexity index is 816. The average Bonchev–Trinajstić information content (AvgIpc) is 2.99. The van der Waals surface area contributed by atoms with Crippen molar-refractivity contribution in [1.29, 1.82) is 0 Å². The number of nitrogens with one attached hydrogen (secondary N) is 1. The van der Waals surface area contributed by atoms with E-state index >= 15 is 0 Å². The highest BCUT2D eigenvalue weighted by Crippen LogP contribution is 2.36. The summed E-state index contributed by atoms with van der Waals surface area (Å²) in [5.74, 6) is 0.151. The lowest BCUT2D eigenvalue weighted by molar-refractivity contribution is -0.122. The summed E-state index contributed by atoms with van der Waals surface area (Å²) in [5.41, 5.74) is 3.15. The van der Waals surface area contributed by atoms with E-state index < -0.39 is 6.10 Å². The predicted molar refractivity (Wildman–Crippen MR) is 87.0 cm³/mol. The van der Waals surface area contributed by atoms with Gasteiger partial charge >= 0.3 is 0 Å². The number of anilines is 2. The first-order valence-electron chi connectivity index (χ1n) is 7.65. The number of fused-ring (bicyclic) bond motifs is 2. The Morgan fingerprint density at radius 2 is 2.04 bits per heavy atom. The van der Waals surface area contributed by atoms with Crippen LogP contribution in [-0.4, -0.2) is 24.5 Å². The molecule has 2 aliphatic heterocycles. The lowest BCUT2D eigenvalue weighted by atomic mass is 10.1. The van der Waals surface area contributed by atoms with Gasteiger partial charge in [-0.2, -0.15) is 0 Å². The second-order valence-corrected chi connectivity index (χ2v) is 5.77. The van der Waals surface area contributed by atoms with Crippen LogP contribution in [-0.2, 0) is 11.2 Å². The number of ether oxygens (including phenoxy) is 1. The number of para-hydroxylation sites is 2. The minimum Gasteiger partial charge on any atom is -0.478 e. The summed E-state index contributed by atoms with van der Waals surface area (Å²) in [4.78, 5) is 26.5. The van der Waals surface area contributed by atoms with Crippen molar-refractivity contribution >= 4 is 23.2 Å². The van der Waals surface area contributed by atoms with E-state index in [9.17, 15) is 9.59 Å². The van der Waals surface area contributed by atoms with Gasteiger partial charge in [0.1, 0.15) is 0 Å². The van der Waals surface area contributed by atoms with Crippen LogP contribution in [0.5, 0.6) is 5.75 Å². The van der Waals surface area contributed by atoms with Crippen molar-refractivity contribution in [3.05, 3.63) is 53.6 Å². The zero-order chi connectivity index (χ0) is 16.0. The van der Waals surface area contributed by atoms with E-state index in [1.54, 1.807) is 30.0 Å². The Labute approximate surface area is 133 Å². The topological polar surface area (TPSA) is 58.6 Å². The highest BCUT2D eigenvalue weighted by Gasteiger charge is 2.31. The van der Waals surface area contributed by atoms with Crippen molar-refractivity contribution in [2.75, 3.05) is 16.8 Å². The van der Waals surface area contributed by atoms with Crippen LogP contribution in [0.25, 0.3) is 0 Å². The molecule has 1 N–H and O–H groups in total. The maximum atomic E-state index is 13.0. The molecule has 0 radical (unpaired) electrons. The predicted octanol–water partition coefficient (Wildman–Crippen LogP) is 2.61. The number of rotatable bonds is 1. The van der Waals surface area contributed by atoms with E-state index in [1.807, 2.05) is 24.3 Å². The van der Waals surface area contributed by atoms with Gasteiger partial charge in [-0.15, -0.1) is 0 Å². The molecule has 2 heterocycles. The molecule has 2 aliphatic rings. The summed E-state index contributed by atoms with van der Waals surface area (Å²) < 4.78 is 5.68. The van der Waals surface area contributed by atoms with Crippen molar-refractivity contribution in [3.8, 4) is 5.75 Å². The molecule has 4 rings (SSSR count). The van der Waals surface area contributed by atoms with E-state index in [-0.39, 0.29) is 11.8 Å². The van der Waals surface area contributed by atoms with Crippen molar-refractivity contribution in [2.45, 2.75) is 19.4 Å². The summed E-state index contributed by atoms with van der Waals surface area (Å²) in [6.07, 6.45) is 0.243. The molecule has 116 valence electrons. The van der Waals surface area contributed by atoms with Crippen molar-refractivity contribution < 1.29 is 14.3 Å². The van der Waals surface area contributed by atoms with Gasteiger partial charge in [-0.25, -0.2) is 0 Å². The van der Waals surface area contributed by atoms with Crippen molar-refractivity contribution in [1.82, 2.24) is 0 Å². The van der Waals surface area contributed by atoms with Gasteiger partial charge in [0.2, 0.25) is 0 Å². The molecule has 0 aliphatic carbocycles. The first kappa shape index (κ1) is 13.8. The first-order chi connectivity index (χ1) is 11.1. The van der Waals surface area contributed by atoms with E-state index in [2.05, 4.69) is 5.32 Å².